The second-order valence-corrected chi connectivity index (χ2v) is 40.3. The molecule has 3 aliphatic rings. The number of nitrogens with zero attached hydrogens (tertiary/aromatic N) is 5. The molecule has 2 atom stereocenters. The summed E-state index contributed by atoms with van der Waals surface area (Å²) in [6.45, 7) is 17.1. The monoisotopic (exact) mass is 1220 g/mol. The van der Waals surface area contributed by atoms with Crippen molar-refractivity contribution >= 4 is 175 Å². The summed E-state index contributed by atoms with van der Waals surface area (Å²) >= 11 is 8.04. The lowest BCUT2D eigenvalue weighted by Gasteiger charge is -2.42. The van der Waals surface area contributed by atoms with Crippen LogP contribution in [0.3, 0.4) is 0 Å². The fraction of sp³-hybridized carbons (Fsp3) is 0.476. The van der Waals surface area contributed by atoms with E-state index in [1.54, 1.807) is 142 Å². The molecule has 27 heteroatoms. The molecule has 3 aromatic rings. The molecule has 0 aromatic heterocycles. The third kappa shape index (κ3) is 23.5. The topological polar surface area (TPSA) is 129 Å². The van der Waals surface area contributed by atoms with Crippen molar-refractivity contribution in [2.24, 2.45) is 5.73 Å². The van der Waals surface area contributed by atoms with E-state index in [-0.39, 0.29) is 42.6 Å². The number of imide groups is 1. The van der Waals surface area contributed by atoms with Crippen LogP contribution in [0.4, 0.5) is 9.59 Å². The van der Waals surface area contributed by atoms with E-state index < -0.39 is 11.2 Å². The number of amides is 4. The van der Waals surface area contributed by atoms with Gasteiger partial charge in [0.2, 0.25) is 0 Å². The highest BCUT2D eigenvalue weighted by Gasteiger charge is 2.40. The lowest BCUT2D eigenvalue weighted by atomic mass is 10.1. The van der Waals surface area contributed by atoms with E-state index in [1.807, 2.05) is 77.9 Å². The average molecular weight is 1220 g/mol. The first-order valence-corrected chi connectivity index (χ1v) is 40.1. The number of nitrogens with two attached hydrogens (primary N) is 1. The quantitative estimate of drug-likeness (QED) is 0.0455. The van der Waals surface area contributed by atoms with Crippen LogP contribution in [0.5, 0.6) is 0 Å². The Morgan fingerprint density at radius 1 is 0.551 bits per heavy atom. The number of hydrogen-bond donors (Lipinski definition) is 3. The van der Waals surface area contributed by atoms with Crippen LogP contribution >= 0.6 is 151 Å². The zero-order valence-electron chi connectivity index (χ0n) is 38.8. The summed E-state index contributed by atoms with van der Waals surface area (Å²) in [5.74, 6) is -0.556. The van der Waals surface area contributed by atoms with Crippen LogP contribution in [-0.4, -0.2) is 124 Å². The highest BCUT2D eigenvalue weighted by Crippen LogP contribution is 2.62. The normalized spacial score (nSPS) is 17.7. The van der Waals surface area contributed by atoms with Crippen LogP contribution in [0.15, 0.2) is 84.9 Å². The molecule has 69 heavy (non-hydrogen) atoms. The molecule has 0 bridgehead atoms. The molecule has 0 spiro atoms. The Balaban J connectivity index is 0.000000244. The van der Waals surface area contributed by atoms with E-state index in [9.17, 15) is 19.2 Å². The minimum absolute atomic E-state index is 0.168. The van der Waals surface area contributed by atoms with Crippen LogP contribution in [0.25, 0.3) is 0 Å². The molecule has 12 nitrogen and oxygen atoms in total. The molecule has 0 radical (unpaired) electrons. The van der Waals surface area contributed by atoms with Gasteiger partial charge in [-0.15, -0.1) is 0 Å². The van der Waals surface area contributed by atoms with Crippen molar-refractivity contribution in [3.05, 3.63) is 107 Å². The van der Waals surface area contributed by atoms with Gasteiger partial charge < -0.3 is 25.0 Å². The molecule has 2 N–H and O–H groups in total. The van der Waals surface area contributed by atoms with Crippen molar-refractivity contribution in [3.8, 4) is 0 Å². The molecule has 0 saturated carbocycles. The second-order valence-electron chi connectivity index (χ2n) is 17.0. The van der Waals surface area contributed by atoms with Gasteiger partial charge in [-0.3, -0.25) is 24.3 Å². The number of thiol groups is 2. The van der Waals surface area contributed by atoms with Crippen molar-refractivity contribution < 1.29 is 28.7 Å². The standard InChI is InChI=1S/C25H29N3O4.C17H27N3O2.H2S15/c1-25(2,3)32-24(31)27-14-13-26(15-18-9-5-4-6-10-18)19(16-27)17-28-22(29)20-11-7-8-12-21(20)23(28)30;1-17(2,3)22-16(21)20-10-9-19(15(11-18)13-20)12-14-7-5-4-6-8-14;1-3-5-7-9-11-13-15-14-12-10-8-6-4-2/h4-12,19H,13-17H2,1-3H3;4-8,15H,9-13,18H2,1-3H3;1-2H/t19-;15-;/m01./s1. The third-order valence-electron chi connectivity index (χ3n) is 9.85. The van der Waals surface area contributed by atoms with Crippen molar-refractivity contribution in [1.82, 2.24) is 24.5 Å². The Hall–Kier alpha value is 0.470. The molecule has 382 valence electrons. The van der Waals surface area contributed by atoms with E-state index >= 15 is 0 Å². The van der Waals surface area contributed by atoms with Gasteiger partial charge in [0.25, 0.3) is 11.8 Å². The van der Waals surface area contributed by atoms with Gasteiger partial charge in [0.15, 0.2) is 0 Å². The van der Waals surface area contributed by atoms with Crippen LogP contribution in [0.1, 0.15) is 73.4 Å². The number of hydrogen-bond acceptors (Lipinski definition) is 24. The Morgan fingerprint density at radius 3 is 1.26 bits per heavy atom. The van der Waals surface area contributed by atoms with Crippen LogP contribution < -0.4 is 5.73 Å². The summed E-state index contributed by atoms with van der Waals surface area (Å²) < 4.78 is 11.0. The fourth-order valence-electron chi connectivity index (χ4n) is 6.96. The first kappa shape index (κ1) is 62.0. The summed E-state index contributed by atoms with van der Waals surface area (Å²) in [5.41, 5.74) is 8.16. The van der Waals surface area contributed by atoms with Crippen LogP contribution in [-0.2, 0) is 22.6 Å². The number of ether oxygens (including phenoxy) is 2. The highest BCUT2D eigenvalue weighted by molar-refractivity contribution is 9.56. The Bertz CT molecular complexity index is 1970. The van der Waals surface area contributed by atoms with E-state index in [4.69, 9.17) is 15.2 Å². The molecular formula is C42H58N6O6S15. The van der Waals surface area contributed by atoms with Gasteiger partial charge in [-0.05, 0) is 193 Å². The third-order valence-corrected chi connectivity index (χ3v) is 36.9. The van der Waals surface area contributed by atoms with Gasteiger partial charge in [-0.2, -0.15) is 0 Å². The SMILES string of the molecule is CC(C)(C)OC(=O)N1CCN(Cc2ccccc2)[C@H](CN)C1.CC(C)(C)OC(=O)N1CCN(Cc2ccccc2)[C@H](CN2C(=O)c3ccccc3C2=O)C1.SSSSSSSSSSSSSSS. The van der Waals surface area contributed by atoms with Gasteiger partial charge in [0.05, 0.1) is 11.1 Å². The summed E-state index contributed by atoms with van der Waals surface area (Å²) in [7, 11) is 22.2. The van der Waals surface area contributed by atoms with Crippen LogP contribution in [0, 0.1) is 0 Å². The lowest BCUT2D eigenvalue weighted by Crippen LogP contribution is -2.58. The predicted octanol–water partition coefficient (Wildman–Crippen LogP) is 14.7. The number of fused-ring (bicyclic) bond motifs is 1. The average Bonchev–Trinajstić information content (AvgIpc) is 3.56. The molecule has 2 fully saturated rings. The maximum absolute atomic E-state index is 12.9. The maximum atomic E-state index is 12.9. The molecule has 0 aliphatic carbocycles. The van der Waals surface area contributed by atoms with Crippen molar-refractivity contribution in [3.63, 3.8) is 0 Å². The minimum Gasteiger partial charge on any atom is -0.444 e. The van der Waals surface area contributed by atoms with E-state index in [0.717, 1.165) is 18.7 Å². The number of carbonyl (C=O) groups is 4. The number of carbonyl (C=O) groups excluding carboxylic acids is 4. The Labute approximate surface area is 466 Å². The van der Waals surface area contributed by atoms with Crippen LogP contribution in [0.2, 0.25) is 0 Å². The van der Waals surface area contributed by atoms with E-state index in [0.29, 0.717) is 56.9 Å². The molecule has 0 unspecified atom stereocenters. The van der Waals surface area contributed by atoms with Gasteiger partial charge in [0, 0.05) is 77.5 Å². The predicted molar refractivity (Wildman–Crippen MR) is 324 cm³/mol. The van der Waals surface area contributed by atoms with Gasteiger partial charge in [-0.1, -0.05) is 96.1 Å². The zero-order valence-corrected chi connectivity index (χ0v) is 51.2. The molecule has 4 amide bonds. The van der Waals surface area contributed by atoms with Gasteiger partial charge in [-0.25, -0.2) is 9.59 Å². The van der Waals surface area contributed by atoms with Gasteiger partial charge >= 0.3 is 12.2 Å². The maximum Gasteiger partial charge on any atom is 0.410 e. The first-order chi connectivity index (χ1) is 33.0. The summed E-state index contributed by atoms with van der Waals surface area (Å²) in [4.78, 5) is 60.1. The van der Waals surface area contributed by atoms with Crippen molar-refractivity contribution in [1.29, 1.82) is 0 Å². The molecule has 6 rings (SSSR count). The Morgan fingerprint density at radius 2 is 0.899 bits per heavy atom. The number of rotatable bonds is 19. The molecule has 3 aliphatic heterocycles. The fourth-order valence-corrected chi connectivity index (χ4v) is 37.7. The smallest absolute Gasteiger partial charge is 0.410 e. The summed E-state index contributed by atoms with van der Waals surface area (Å²) in [5, 5.41) is 0. The van der Waals surface area contributed by atoms with Gasteiger partial charge in [0.1, 0.15) is 11.2 Å². The van der Waals surface area contributed by atoms with E-state index in [2.05, 4.69) is 57.4 Å². The molecule has 2 saturated heterocycles. The summed E-state index contributed by atoms with van der Waals surface area (Å²) in [6, 6.07) is 27.3. The zero-order chi connectivity index (χ0) is 50.2. The lowest BCUT2D eigenvalue weighted by molar-refractivity contribution is -0.00124. The molecule has 3 heterocycles. The van der Waals surface area contributed by atoms with E-state index in [1.165, 1.54) is 30.1 Å². The highest BCUT2D eigenvalue weighted by atomic mass is 34.0. The second kappa shape index (κ2) is 33.5. The Kier molecular flexibility index (Phi) is 30.1. The largest absolute Gasteiger partial charge is 0.444 e. The molecular weight excluding hydrogens is 1170 g/mol. The minimum atomic E-state index is -0.587. The van der Waals surface area contributed by atoms with Crippen molar-refractivity contribution in [2.45, 2.75) is 77.9 Å². The first-order valence-electron chi connectivity index (χ1n) is 21.2. The summed E-state index contributed by atoms with van der Waals surface area (Å²) in [6.07, 6.45) is -0.616. The number of piperazine rings is 2. The number of benzene rings is 3. The van der Waals surface area contributed by atoms with Crippen molar-refractivity contribution in [2.75, 3.05) is 52.4 Å². The molecule has 3 aromatic carbocycles.